The predicted molar refractivity (Wildman–Crippen MR) is 97.0 cm³/mol. The Kier molecular flexibility index (Phi) is 4.55. The molecule has 1 aliphatic rings. The number of hydrogen-bond donors (Lipinski definition) is 1. The first-order valence-electron chi connectivity index (χ1n) is 8.92. The maximum absolute atomic E-state index is 5.55. The van der Waals surface area contributed by atoms with Crippen LogP contribution in [-0.4, -0.2) is 32.3 Å². The van der Waals surface area contributed by atoms with Crippen molar-refractivity contribution in [2.45, 2.75) is 25.4 Å². The molecule has 1 saturated heterocycles. The number of rotatable bonds is 5. The Labute approximate surface area is 147 Å². The molecule has 0 bridgehead atoms. The van der Waals surface area contributed by atoms with Gasteiger partial charge in [0.25, 0.3) is 0 Å². The topological polar surface area (TPSA) is 56.9 Å². The van der Waals surface area contributed by atoms with Gasteiger partial charge in [0.1, 0.15) is 11.6 Å². The minimum Gasteiger partial charge on any atom is -0.381 e. The van der Waals surface area contributed by atoms with Gasteiger partial charge in [-0.3, -0.25) is 0 Å². The summed E-state index contributed by atoms with van der Waals surface area (Å²) in [5, 5.41) is 3.73. The summed E-state index contributed by atoms with van der Waals surface area (Å²) in [6.07, 6.45) is 6.01. The van der Waals surface area contributed by atoms with Crippen LogP contribution >= 0.6 is 0 Å². The van der Waals surface area contributed by atoms with Crippen molar-refractivity contribution in [2.24, 2.45) is 20.0 Å². The zero-order chi connectivity index (χ0) is 17.2. The van der Waals surface area contributed by atoms with Gasteiger partial charge in [-0.1, -0.05) is 12.1 Å². The average molecular weight is 339 g/mol. The number of para-hydroxylation sites is 2. The van der Waals surface area contributed by atoms with E-state index in [2.05, 4.69) is 51.7 Å². The maximum atomic E-state index is 5.55. The molecular weight excluding hydrogens is 314 g/mol. The van der Waals surface area contributed by atoms with Gasteiger partial charge in [-0.2, -0.15) is 0 Å². The number of aryl methyl sites for hydroxylation is 2. The maximum Gasteiger partial charge on any atom is 0.125 e. The number of nitrogens with zero attached hydrogens (tertiary/aromatic N) is 4. The summed E-state index contributed by atoms with van der Waals surface area (Å²) >= 11 is 0. The second kappa shape index (κ2) is 6.98. The van der Waals surface area contributed by atoms with E-state index >= 15 is 0 Å². The second-order valence-corrected chi connectivity index (χ2v) is 6.78. The summed E-state index contributed by atoms with van der Waals surface area (Å²) < 4.78 is 9.83. The van der Waals surface area contributed by atoms with Crippen LogP contribution in [-0.2, 0) is 25.4 Å². The predicted octanol–water partition coefficient (Wildman–Crippen LogP) is 2.56. The Hall–Kier alpha value is -2.18. The van der Waals surface area contributed by atoms with Crippen molar-refractivity contribution < 1.29 is 4.74 Å². The molecule has 1 N–H and O–H groups in total. The average Bonchev–Trinajstić information content (AvgIpc) is 3.21. The van der Waals surface area contributed by atoms with E-state index in [4.69, 9.17) is 9.72 Å². The van der Waals surface area contributed by atoms with Crippen molar-refractivity contribution in [1.82, 2.24) is 24.4 Å². The fraction of sp³-hybridized carbons (Fsp3) is 0.474. The molecule has 0 saturated carbocycles. The third-order valence-electron chi connectivity index (χ3n) is 5.23. The number of fused-ring (bicyclic) bond motifs is 1. The van der Waals surface area contributed by atoms with Crippen LogP contribution in [0.2, 0.25) is 0 Å². The Balaban J connectivity index is 1.57. The molecule has 25 heavy (non-hydrogen) atoms. The van der Waals surface area contributed by atoms with Gasteiger partial charge >= 0.3 is 0 Å². The molecule has 3 aromatic rings. The molecule has 1 fully saturated rings. The first-order chi connectivity index (χ1) is 12.2. The Bertz CT molecular complexity index is 846. The van der Waals surface area contributed by atoms with Gasteiger partial charge in [0.05, 0.1) is 23.6 Å². The fourth-order valence-electron chi connectivity index (χ4n) is 3.75. The van der Waals surface area contributed by atoms with E-state index in [0.29, 0.717) is 5.92 Å². The van der Waals surface area contributed by atoms with Crippen LogP contribution < -0.4 is 5.32 Å². The number of imidazole rings is 2. The largest absolute Gasteiger partial charge is 0.381 e. The molecule has 1 aliphatic heterocycles. The molecule has 1 atom stereocenters. The van der Waals surface area contributed by atoms with Crippen LogP contribution in [0.5, 0.6) is 0 Å². The first kappa shape index (κ1) is 16.3. The number of benzene rings is 1. The van der Waals surface area contributed by atoms with Crippen LogP contribution in [0, 0.1) is 5.92 Å². The van der Waals surface area contributed by atoms with Gasteiger partial charge in [-0.25, -0.2) is 9.97 Å². The van der Waals surface area contributed by atoms with Crippen molar-refractivity contribution >= 4 is 11.0 Å². The number of nitrogens with one attached hydrogen (secondary N) is 1. The van der Waals surface area contributed by atoms with Gasteiger partial charge in [0, 0.05) is 39.7 Å². The molecule has 0 spiro atoms. The second-order valence-electron chi connectivity index (χ2n) is 6.78. The molecule has 6 nitrogen and oxygen atoms in total. The number of hydrogen-bond acceptors (Lipinski definition) is 4. The fourth-order valence-corrected chi connectivity index (χ4v) is 3.75. The SMILES string of the molecule is Cn1ccnc1[C@@H](NCc1nc2ccccc2n1C)C1CCOCC1. The molecule has 0 radical (unpaired) electrons. The molecule has 3 heterocycles. The van der Waals surface area contributed by atoms with E-state index in [0.717, 1.165) is 49.8 Å². The van der Waals surface area contributed by atoms with E-state index in [1.54, 1.807) is 0 Å². The molecule has 2 aromatic heterocycles. The van der Waals surface area contributed by atoms with Crippen molar-refractivity contribution in [1.29, 1.82) is 0 Å². The van der Waals surface area contributed by atoms with Gasteiger partial charge < -0.3 is 19.2 Å². The lowest BCUT2D eigenvalue weighted by Gasteiger charge is -2.30. The lowest BCUT2D eigenvalue weighted by Crippen LogP contribution is -2.34. The normalized spacial score (nSPS) is 17.2. The number of ether oxygens (including phenoxy) is 1. The highest BCUT2D eigenvalue weighted by Gasteiger charge is 2.28. The molecule has 1 aromatic carbocycles. The van der Waals surface area contributed by atoms with Gasteiger partial charge in [0.15, 0.2) is 0 Å². The standard InChI is InChI=1S/C19H25N5O/c1-23-10-9-20-19(23)18(14-7-11-25-12-8-14)21-13-17-22-15-5-3-4-6-16(15)24(17)2/h3-6,9-10,14,18,21H,7-8,11-13H2,1-2H3/t18-/m0/s1. The summed E-state index contributed by atoms with van der Waals surface area (Å²) in [5.74, 6) is 2.67. The molecule has 0 amide bonds. The van der Waals surface area contributed by atoms with Crippen LogP contribution in [0.25, 0.3) is 11.0 Å². The van der Waals surface area contributed by atoms with Gasteiger partial charge in [-0.15, -0.1) is 0 Å². The Morgan fingerprint density at radius 3 is 2.76 bits per heavy atom. The molecule has 132 valence electrons. The lowest BCUT2D eigenvalue weighted by atomic mass is 9.91. The Morgan fingerprint density at radius 2 is 2.04 bits per heavy atom. The molecule has 6 heteroatoms. The van der Waals surface area contributed by atoms with E-state index < -0.39 is 0 Å². The van der Waals surface area contributed by atoms with E-state index in [1.165, 1.54) is 5.52 Å². The minimum atomic E-state index is 0.212. The van der Waals surface area contributed by atoms with Gasteiger partial charge in [-0.05, 0) is 30.9 Å². The lowest BCUT2D eigenvalue weighted by molar-refractivity contribution is 0.0517. The highest BCUT2D eigenvalue weighted by molar-refractivity contribution is 5.75. The van der Waals surface area contributed by atoms with Crippen LogP contribution in [0.3, 0.4) is 0 Å². The summed E-state index contributed by atoms with van der Waals surface area (Å²) in [4.78, 5) is 9.38. The molecule has 4 rings (SSSR count). The van der Waals surface area contributed by atoms with E-state index in [9.17, 15) is 0 Å². The van der Waals surface area contributed by atoms with E-state index in [-0.39, 0.29) is 6.04 Å². The third-order valence-corrected chi connectivity index (χ3v) is 5.23. The van der Waals surface area contributed by atoms with Crippen LogP contribution in [0.1, 0.15) is 30.5 Å². The minimum absolute atomic E-state index is 0.212. The highest BCUT2D eigenvalue weighted by atomic mass is 16.5. The monoisotopic (exact) mass is 339 g/mol. The van der Waals surface area contributed by atoms with Crippen LogP contribution in [0.15, 0.2) is 36.7 Å². The molecule has 0 unspecified atom stereocenters. The van der Waals surface area contributed by atoms with Crippen molar-refractivity contribution in [3.63, 3.8) is 0 Å². The summed E-state index contributed by atoms with van der Waals surface area (Å²) in [6, 6.07) is 8.47. The molecule has 0 aliphatic carbocycles. The van der Waals surface area contributed by atoms with Crippen molar-refractivity contribution in [3.8, 4) is 0 Å². The highest BCUT2D eigenvalue weighted by Crippen LogP contribution is 2.29. The Morgan fingerprint density at radius 1 is 1.24 bits per heavy atom. The smallest absolute Gasteiger partial charge is 0.125 e. The van der Waals surface area contributed by atoms with Crippen molar-refractivity contribution in [3.05, 3.63) is 48.3 Å². The van der Waals surface area contributed by atoms with E-state index in [1.807, 2.05) is 18.5 Å². The molecular formula is C19H25N5O. The summed E-state index contributed by atoms with van der Waals surface area (Å²) in [5.41, 5.74) is 2.21. The van der Waals surface area contributed by atoms with Crippen LogP contribution in [0.4, 0.5) is 0 Å². The zero-order valence-corrected chi connectivity index (χ0v) is 14.9. The quantitative estimate of drug-likeness (QED) is 0.776. The number of aromatic nitrogens is 4. The van der Waals surface area contributed by atoms with Gasteiger partial charge in [0.2, 0.25) is 0 Å². The zero-order valence-electron chi connectivity index (χ0n) is 14.9. The van der Waals surface area contributed by atoms with Crippen molar-refractivity contribution in [2.75, 3.05) is 13.2 Å². The first-order valence-corrected chi connectivity index (χ1v) is 8.92. The third kappa shape index (κ3) is 3.19. The summed E-state index contributed by atoms with van der Waals surface area (Å²) in [7, 11) is 4.14. The summed E-state index contributed by atoms with van der Waals surface area (Å²) in [6.45, 7) is 2.39.